The second kappa shape index (κ2) is 10.3. The van der Waals surface area contributed by atoms with Gasteiger partial charge in [0.1, 0.15) is 0 Å². The summed E-state index contributed by atoms with van der Waals surface area (Å²) in [5.74, 6) is 0.196. The molecule has 3 rings (SSSR count). The highest BCUT2D eigenvalue weighted by molar-refractivity contribution is 5.85. The molecule has 1 fully saturated rings. The minimum absolute atomic E-state index is 0. The van der Waals surface area contributed by atoms with E-state index in [1.807, 2.05) is 18.7 Å². The van der Waals surface area contributed by atoms with Crippen molar-refractivity contribution < 1.29 is 4.79 Å². The van der Waals surface area contributed by atoms with Crippen LogP contribution in [0.3, 0.4) is 0 Å². The van der Waals surface area contributed by atoms with Crippen molar-refractivity contribution in [2.45, 2.75) is 52.5 Å². The average molecular weight is 432 g/mol. The molecule has 1 saturated heterocycles. The van der Waals surface area contributed by atoms with E-state index in [1.165, 1.54) is 0 Å². The topological polar surface area (TPSA) is 83.0 Å². The molecule has 1 atom stereocenters. The summed E-state index contributed by atoms with van der Waals surface area (Å²) >= 11 is 0. The van der Waals surface area contributed by atoms with Crippen LogP contribution >= 0.6 is 24.8 Å². The lowest BCUT2D eigenvalue weighted by Crippen LogP contribution is -2.42. The van der Waals surface area contributed by atoms with E-state index < -0.39 is 0 Å². The predicted octanol–water partition coefficient (Wildman–Crippen LogP) is 2.26. The Bertz CT molecular complexity index is 871. The summed E-state index contributed by atoms with van der Waals surface area (Å²) in [6.07, 6.45) is 3.06. The van der Waals surface area contributed by atoms with E-state index in [2.05, 4.69) is 22.3 Å². The minimum Gasteiger partial charge on any atom is -0.338 e. The highest BCUT2D eigenvalue weighted by Crippen LogP contribution is 2.22. The lowest BCUT2D eigenvalue weighted by Gasteiger charge is -2.28. The number of hydrogen-bond donors (Lipinski definition) is 2. The monoisotopic (exact) mass is 431 g/mol. The Hall–Kier alpha value is -1.57. The fraction of sp³-hybridized carbons (Fsp3) is 0.632. The average Bonchev–Trinajstić information content (AvgIpc) is 3.21. The molecule has 28 heavy (non-hydrogen) atoms. The van der Waals surface area contributed by atoms with E-state index >= 15 is 0 Å². The molecular weight excluding hydrogens is 401 g/mol. The fourth-order valence-electron chi connectivity index (χ4n) is 4.05. The molecule has 0 saturated carbocycles. The van der Waals surface area contributed by atoms with Gasteiger partial charge in [0, 0.05) is 38.3 Å². The Balaban J connectivity index is 0.00000196. The maximum atomic E-state index is 12.9. The van der Waals surface area contributed by atoms with Gasteiger partial charge >= 0.3 is 0 Å². The van der Waals surface area contributed by atoms with E-state index in [4.69, 9.17) is 0 Å². The van der Waals surface area contributed by atoms with E-state index in [-0.39, 0.29) is 36.3 Å². The van der Waals surface area contributed by atoms with Crippen molar-refractivity contribution in [1.29, 1.82) is 0 Å². The number of carbonyl (C=O) groups is 1. The summed E-state index contributed by atoms with van der Waals surface area (Å²) in [6.45, 7) is 8.69. The summed E-state index contributed by atoms with van der Waals surface area (Å²) in [5.41, 5.74) is 3.40. The number of halogens is 2. The molecule has 3 heterocycles. The first-order valence-electron chi connectivity index (χ1n) is 9.49. The first kappa shape index (κ1) is 24.5. The molecule has 0 aromatic carbocycles. The zero-order valence-corrected chi connectivity index (χ0v) is 18.6. The van der Waals surface area contributed by atoms with Crippen molar-refractivity contribution in [2.24, 2.45) is 7.05 Å². The zero-order chi connectivity index (χ0) is 18.8. The Labute approximate surface area is 178 Å². The van der Waals surface area contributed by atoms with Crippen LogP contribution in [0.1, 0.15) is 43.0 Å². The predicted molar refractivity (Wildman–Crippen MR) is 117 cm³/mol. The maximum Gasteiger partial charge on any atom is 0.273 e. The number of aromatic nitrogens is 3. The van der Waals surface area contributed by atoms with Crippen LogP contribution in [0.4, 0.5) is 0 Å². The molecule has 2 aromatic heterocycles. The van der Waals surface area contributed by atoms with Gasteiger partial charge in [-0.1, -0.05) is 6.92 Å². The Morgan fingerprint density at radius 3 is 2.64 bits per heavy atom. The normalized spacial score (nSPS) is 15.9. The van der Waals surface area contributed by atoms with Crippen LogP contribution < -0.4 is 10.9 Å². The lowest BCUT2D eigenvalue weighted by molar-refractivity contribution is -0.133. The van der Waals surface area contributed by atoms with E-state index in [0.29, 0.717) is 29.9 Å². The number of aryl methyl sites for hydroxylation is 3. The maximum absolute atomic E-state index is 12.9. The molecule has 1 amide bonds. The first-order chi connectivity index (χ1) is 12.4. The van der Waals surface area contributed by atoms with Gasteiger partial charge in [-0.2, -0.15) is 0 Å². The number of nitrogens with zero attached hydrogens (tertiary/aromatic N) is 3. The number of hydrogen-bond acceptors (Lipinski definition) is 4. The molecule has 0 aliphatic carbocycles. The van der Waals surface area contributed by atoms with Crippen molar-refractivity contribution >= 4 is 41.8 Å². The molecule has 158 valence electrons. The van der Waals surface area contributed by atoms with E-state index in [9.17, 15) is 9.59 Å². The Kier molecular flexibility index (Phi) is 8.98. The second-order valence-corrected chi connectivity index (χ2v) is 7.23. The number of rotatable bonds is 6. The zero-order valence-electron chi connectivity index (χ0n) is 17.0. The summed E-state index contributed by atoms with van der Waals surface area (Å²) in [4.78, 5) is 31.7. The number of pyridine rings is 1. The summed E-state index contributed by atoms with van der Waals surface area (Å²) < 4.78 is 1.66. The lowest BCUT2D eigenvalue weighted by atomic mass is 9.99. The molecule has 0 spiro atoms. The van der Waals surface area contributed by atoms with Crippen LogP contribution in [0.15, 0.2) is 4.79 Å². The number of nitrogens with one attached hydrogen (secondary N) is 2. The largest absolute Gasteiger partial charge is 0.338 e. The highest BCUT2D eigenvalue weighted by atomic mass is 35.5. The van der Waals surface area contributed by atoms with Crippen molar-refractivity contribution in [3.8, 4) is 0 Å². The standard InChI is InChI=1S/C19H29N5O2.2ClH/c1-5-10-24(14-8-9-20-11-14)16(25)7-6-15-12(2)17-18(21-13(15)3)23(4)22-19(17)26;;/h14,20H,5-11H2,1-4H3,(H,22,26);2*1H. The van der Waals surface area contributed by atoms with Gasteiger partial charge in [0.05, 0.1) is 5.39 Å². The first-order valence-corrected chi connectivity index (χ1v) is 9.49. The molecule has 7 nitrogen and oxygen atoms in total. The van der Waals surface area contributed by atoms with Gasteiger partial charge in [-0.05, 0) is 50.8 Å². The van der Waals surface area contributed by atoms with Crippen LogP contribution in [0.5, 0.6) is 0 Å². The van der Waals surface area contributed by atoms with Crippen molar-refractivity contribution in [3.63, 3.8) is 0 Å². The van der Waals surface area contributed by atoms with Gasteiger partial charge in [-0.3, -0.25) is 19.4 Å². The Morgan fingerprint density at radius 2 is 2.04 bits per heavy atom. The van der Waals surface area contributed by atoms with Crippen molar-refractivity contribution in [3.05, 3.63) is 27.2 Å². The van der Waals surface area contributed by atoms with Gasteiger partial charge in [0.15, 0.2) is 5.65 Å². The van der Waals surface area contributed by atoms with Crippen LogP contribution in [-0.2, 0) is 18.3 Å². The SMILES string of the molecule is CCCN(C(=O)CCc1c(C)nc2c(c1C)c(=O)[nH]n2C)C1CCNC1.Cl.Cl. The summed E-state index contributed by atoms with van der Waals surface area (Å²) in [5, 5.41) is 6.74. The number of fused-ring (bicyclic) bond motifs is 1. The highest BCUT2D eigenvalue weighted by Gasteiger charge is 2.26. The summed E-state index contributed by atoms with van der Waals surface area (Å²) in [6, 6.07) is 0.308. The Morgan fingerprint density at radius 1 is 1.32 bits per heavy atom. The molecule has 9 heteroatoms. The minimum atomic E-state index is -0.121. The van der Waals surface area contributed by atoms with Gasteiger partial charge in [-0.15, -0.1) is 24.8 Å². The number of aromatic amines is 1. The van der Waals surface area contributed by atoms with Crippen LogP contribution in [0, 0.1) is 13.8 Å². The van der Waals surface area contributed by atoms with Gasteiger partial charge in [0.2, 0.25) is 5.91 Å². The molecule has 1 aliphatic heterocycles. The third kappa shape index (κ3) is 4.70. The molecule has 1 unspecified atom stereocenters. The number of H-pyrrole nitrogens is 1. The van der Waals surface area contributed by atoms with E-state index in [1.54, 1.807) is 11.7 Å². The number of carbonyl (C=O) groups excluding carboxylic acids is 1. The molecule has 0 bridgehead atoms. The molecule has 2 N–H and O–H groups in total. The quantitative estimate of drug-likeness (QED) is 0.734. The van der Waals surface area contributed by atoms with Crippen molar-refractivity contribution in [2.75, 3.05) is 19.6 Å². The van der Waals surface area contributed by atoms with Crippen LogP contribution in [0.25, 0.3) is 11.0 Å². The molecule has 0 radical (unpaired) electrons. The molecular formula is C19H31Cl2N5O2. The third-order valence-corrected chi connectivity index (χ3v) is 5.42. The van der Waals surface area contributed by atoms with Gasteiger partial charge in [0.25, 0.3) is 5.56 Å². The smallest absolute Gasteiger partial charge is 0.273 e. The van der Waals surface area contributed by atoms with Gasteiger partial charge in [-0.25, -0.2) is 4.98 Å². The molecule has 2 aromatic rings. The molecule has 1 aliphatic rings. The fourth-order valence-corrected chi connectivity index (χ4v) is 4.05. The number of amides is 1. The van der Waals surface area contributed by atoms with Gasteiger partial charge < -0.3 is 10.2 Å². The van der Waals surface area contributed by atoms with E-state index in [0.717, 1.165) is 49.3 Å². The van der Waals surface area contributed by atoms with Crippen molar-refractivity contribution in [1.82, 2.24) is 25.0 Å². The van der Waals surface area contributed by atoms with Crippen LogP contribution in [-0.4, -0.2) is 51.2 Å². The second-order valence-electron chi connectivity index (χ2n) is 7.23. The third-order valence-electron chi connectivity index (χ3n) is 5.42. The summed E-state index contributed by atoms with van der Waals surface area (Å²) in [7, 11) is 1.79. The van der Waals surface area contributed by atoms with Crippen LogP contribution in [0.2, 0.25) is 0 Å².